The zero-order valence-corrected chi connectivity index (χ0v) is 8.67. The third-order valence-corrected chi connectivity index (χ3v) is 2.87. The Kier molecular flexibility index (Phi) is 2.41. The van der Waals surface area contributed by atoms with Crippen molar-refractivity contribution in [2.45, 2.75) is 6.04 Å². The van der Waals surface area contributed by atoms with E-state index < -0.39 is 6.09 Å². The van der Waals surface area contributed by atoms with Crippen molar-refractivity contribution >= 4 is 22.0 Å². The van der Waals surface area contributed by atoms with E-state index >= 15 is 0 Å². The molecule has 0 aliphatic carbocycles. The third-order valence-electron chi connectivity index (χ3n) is 2.03. The fourth-order valence-electron chi connectivity index (χ4n) is 1.34. The highest BCUT2D eigenvalue weighted by Gasteiger charge is 2.26. The Labute approximate surface area is 88.4 Å². The van der Waals surface area contributed by atoms with Crippen molar-refractivity contribution in [1.29, 1.82) is 0 Å². The van der Waals surface area contributed by atoms with Crippen molar-refractivity contribution < 1.29 is 13.9 Å². The summed E-state index contributed by atoms with van der Waals surface area (Å²) in [6, 6.07) is 4.42. The van der Waals surface area contributed by atoms with Crippen molar-refractivity contribution in [2.75, 3.05) is 6.61 Å². The van der Waals surface area contributed by atoms with Gasteiger partial charge in [0.2, 0.25) is 0 Å². The van der Waals surface area contributed by atoms with Gasteiger partial charge in [-0.25, -0.2) is 9.18 Å². The van der Waals surface area contributed by atoms with Gasteiger partial charge in [-0.15, -0.1) is 0 Å². The van der Waals surface area contributed by atoms with Crippen LogP contribution in [0.5, 0.6) is 0 Å². The number of alkyl carbamates (subject to hydrolysis) is 1. The van der Waals surface area contributed by atoms with E-state index in [4.69, 9.17) is 4.74 Å². The van der Waals surface area contributed by atoms with Crippen molar-refractivity contribution in [1.82, 2.24) is 5.32 Å². The Hall–Kier alpha value is -1.10. The molecule has 0 aromatic heterocycles. The van der Waals surface area contributed by atoms with Gasteiger partial charge >= 0.3 is 6.09 Å². The van der Waals surface area contributed by atoms with Crippen LogP contribution in [0.25, 0.3) is 0 Å². The Balaban J connectivity index is 2.32. The smallest absolute Gasteiger partial charge is 0.407 e. The normalized spacial score (nSPS) is 20.4. The van der Waals surface area contributed by atoms with E-state index in [0.29, 0.717) is 10.0 Å². The van der Waals surface area contributed by atoms with Gasteiger partial charge in [-0.3, -0.25) is 0 Å². The van der Waals surface area contributed by atoms with E-state index in [0.717, 1.165) is 0 Å². The second-order valence-corrected chi connectivity index (χ2v) is 3.73. The predicted octanol–water partition coefficient (Wildman–Crippen LogP) is 2.37. The molecular weight excluding hydrogens is 253 g/mol. The number of nitrogens with one attached hydrogen (secondary N) is 1. The molecule has 5 heteroatoms. The van der Waals surface area contributed by atoms with Crippen LogP contribution < -0.4 is 5.32 Å². The monoisotopic (exact) mass is 259 g/mol. The van der Waals surface area contributed by atoms with Crippen LogP contribution in [0.4, 0.5) is 9.18 Å². The van der Waals surface area contributed by atoms with Crippen LogP contribution in [-0.4, -0.2) is 12.7 Å². The van der Waals surface area contributed by atoms with Crippen molar-refractivity contribution in [3.8, 4) is 0 Å². The molecule has 1 aliphatic rings. The lowest BCUT2D eigenvalue weighted by Gasteiger charge is -2.09. The van der Waals surface area contributed by atoms with Crippen LogP contribution in [0.1, 0.15) is 11.6 Å². The quantitative estimate of drug-likeness (QED) is 0.841. The standard InChI is InChI=1S/C9H7BrFNO2/c10-8-5(2-1-3-6(8)11)7-4-14-9(13)12-7/h1-3,7H,4H2,(H,12,13)/t7-/m1/s1. The summed E-state index contributed by atoms with van der Waals surface area (Å²) in [6.45, 7) is 0.237. The minimum absolute atomic E-state index is 0.237. The maximum Gasteiger partial charge on any atom is 0.407 e. The first kappa shape index (κ1) is 9.45. The number of cyclic esters (lactones) is 1. The molecule has 1 heterocycles. The number of benzene rings is 1. The van der Waals surface area contributed by atoms with Gasteiger partial charge in [-0.05, 0) is 27.6 Å². The topological polar surface area (TPSA) is 38.3 Å². The molecular formula is C9H7BrFNO2. The average molecular weight is 260 g/mol. The first-order valence-corrected chi connectivity index (χ1v) is 4.85. The summed E-state index contributed by atoms with van der Waals surface area (Å²) in [5.41, 5.74) is 0.691. The largest absolute Gasteiger partial charge is 0.447 e. The molecule has 1 aliphatic heterocycles. The number of rotatable bonds is 1. The van der Waals surface area contributed by atoms with Crippen LogP contribution in [0.15, 0.2) is 22.7 Å². The maximum absolute atomic E-state index is 13.1. The number of halogens is 2. The molecule has 1 N–H and O–H groups in total. The second-order valence-electron chi connectivity index (χ2n) is 2.94. The van der Waals surface area contributed by atoms with E-state index in [1.165, 1.54) is 6.07 Å². The molecule has 14 heavy (non-hydrogen) atoms. The molecule has 1 aromatic carbocycles. The molecule has 1 atom stereocenters. The Morgan fingerprint density at radius 1 is 1.57 bits per heavy atom. The minimum Gasteiger partial charge on any atom is -0.447 e. The van der Waals surface area contributed by atoms with Crippen LogP contribution in [0.2, 0.25) is 0 Å². The molecule has 1 fully saturated rings. The van der Waals surface area contributed by atoms with E-state index in [1.807, 2.05) is 0 Å². The highest BCUT2D eigenvalue weighted by atomic mass is 79.9. The number of carbonyl (C=O) groups is 1. The SMILES string of the molecule is O=C1N[C@@H](c2cccc(F)c2Br)CO1. The third kappa shape index (κ3) is 1.59. The highest BCUT2D eigenvalue weighted by Crippen LogP contribution is 2.28. The number of carbonyl (C=O) groups excluding carboxylic acids is 1. The van der Waals surface area contributed by atoms with Gasteiger partial charge in [0, 0.05) is 0 Å². The molecule has 2 rings (SSSR count). The fraction of sp³-hybridized carbons (Fsp3) is 0.222. The lowest BCUT2D eigenvalue weighted by atomic mass is 10.1. The number of hydrogen-bond donors (Lipinski definition) is 1. The molecule has 0 bridgehead atoms. The van der Waals surface area contributed by atoms with Gasteiger partial charge in [0.05, 0.1) is 10.5 Å². The first-order valence-electron chi connectivity index (χ1n) is 4.05. The number of hydrogen-bond acceptors (Lipinski definition) is 2. The molecule has 1 saturated heterocycles. The van der Waals surface area contributed by atoms with Crippen LogP contribution in [0, 0.1) is 5.82 Å². The molecule has 74 valence electrons. The second kappa shape index (κ2) is 3.57. The van der Waals surface area contributed by atoms with Gasteiger partial charge in [0.15, 0.2) is 0 Å². The molecule has 0 saturated carbocycles. The van der Waals surface area contributed by atoms with E-state index in [2.05, 4.69) is 21.2 Å². The van der Waals surface area contributed by atoms with Crippen molar-refractivity contribution in [3.63, 3.8) is 0 Å². The molecule has 1 amide bonds. The van der Waals surface area contributed by atoms with Crippen LogP contribution in [0.3, 0.4) is 0 Å². The Morgan fingerprint density at radius 2 is 2.36 bits per heavy atom. The Bertz CT molecular complexity index is 383. The van der Waals surface area contributed by atoms with E-state index in [1.54, 1.807) is 12.1 Å². The first-order chi connectivity index (χ1) is 6.68. The van der Waals surface area contributed by atoms with Gasteiger partial charge < -0.3 is 10.1 Å². The van der Waals surface area contributed by atoms with Gasteiger partial charge in [-0.1, -0.05) is 12.1 Å². The lowest BCUT2D eigenvalue weighted by Crippen LogP contribution is -2.18. The van der Waals surface area contributed by atoms with Crippen LogP contribution >= 0.6 is 15.9 Å². The summed E-state index contributed by atoms with van der Waals surface area (Å²) in [7, 11) is 0. The summed E-state index contributed by atoms with van der Waals surface area (Å²) in [4.78, 5) is 10.8. The molecule has 3 nitrogen and oxygen atoms in total. The zero-order chi connectivity index (χ0) is 10.1. The van der Waals surface area contributed by atoms with E-state index in [-0.39, 0.29) is 18.5 Å². The predicted molar refractivity (Wildman–Crippen MR) is 51.3 cm³/mol. The van der Waals surface area contributed by atoms with Crippen molar-refractivity contribution in [2.24, 2.45) is 0 Å². The fourth-order valence-corrected chi connectivity index (χ4v) is 1.88. The van der Waals surface area contributed by atoms with Crippen LogP contribution in [-0.2, 0) is 4.74 Å². The zero-order valence-electron chi connectivity index (χ0n) is 7.09. The molecule has 0 unspecified atom stereocenters. The summed E-state index contributed by atoms with van der Waals surface area (Å²) < 4.78 is 18.2. The number of ether oxygens (including phenoxy) is 1. The van der Waals surface area contributed by atoms with Gasteiger partial charge in [0.25, 0.3) is 0 Å². The average Bonchev–Trinajstić information content (AvgIpc) is 2.57. The van der Waals surface area contributed by atoms with E-state index in [9.17, 15) is 9.18 Å². The van der Waals surface area contributed by atoms with Crippen molar-refractivity contribution in [3.05, 3.63) is 34.1 Å². The number of amides is 1. The minimum atomic E-state index is -0.467. The maximum atomic E-state index is 13.1. The van der Waals surface area contributed by atoms with Gasteiger partial charge in [0.1, 0.15) is 12.4 Å². The highest BCUT2D eigenvalue weighted by molar-refractivity contribution is 9.10. The molecule has 0 spiro atoms. The Morgan fingerprint density at radius 3 is 3.00 bits per heavy atom. The van der Waals surface area contributed by atoms with Gasteiger partial charge in [-0.2, -0.15) is 0 Å². The molecule has 1 aromatic rings. The molecule has 0 radical (unpaired) electrons. The lowest BCUT2D eigenvalue weighted by molar-refractivity contribution is 0.177. The summed E-state index contributed by atoms with van der Waals surface area (Å²) in [5, 5.41) is 2.58. The summed E-state index contributed by atoms with van der Waals surface area (Å²) in [5.74, 6) is -0.344. The summed E-state index contributed by atoms with van der Waals surface area (Å²) in [6.07, 6.45) is -0.467. The summed E-state index contributed by atoms with van der Waals surface area (Å²) >= 11 is 3.13.